The predicted octanol–water partition coefficient (Wildman–Crippen LogP) is 1.86. The minimum atomic E-state index is -0.493. The number of aromatic amines is 1. The first-order chi connectivity index (χ1) is 12.2. The monoisotopic (exact) mass is 338 g/mol. The Kier molecular flexibility index (Phi) is 4.28. The van der Waals surface area contributed by atoms with E-state index in [4.69, 9.17) is 0 Å². The summed E-state index contributed by atoms with van der Waals surface area (Å²) in [5.41, 5.74) is 2.01. The molecule has 0 aliphatic heterocycles. The van der Waals surface area contributed by atoms with Crippen LogP contribution in [0.25, 0.3) is 10.9 Å². The van der Waals surface area contributed by atoms with Gasteiger partial charge in [-0.3, -0.25) is 9.48 Å². The van der Waals surface area contributed by atoms with Crippen molar-refractivity contribution in [3.8, 4) is 0 Å². The van der Waals surface area contributed by atoms with Crippen LogP contribution in [0.2, 0.25) is 0 Å². The number of nitrogens with one attached hydrogen (secondary N) is 2. The Morgan fingerprint density at radius 1 is 1.32 bits per heavy atom. The standard InChI is InChI=1S/C19H22N4O2/c24-18-9-13(12-23-7-3-6-21-23)8-17(18)22-19(25)10-14-11-20-16-5-2-1-4-15(14)16/h1-7,11,13,17-18,20,24H,8-10,12H2,(H,22,25)/t13?,17-,18-/m1/s1. The molecule has 1 unspecified atom stereocenters. The van der Waals surface area contributed by atoms with Gasteiger partial charge in [0.15, 0.2) is 0 Å². The molecule has 130 valence electrons. The quantitative estimate of drug-likeness (QED) is 0.664. The van der Waals surface area contributed by atoms with E-state index >= 15 is 0 Å². The van der Waals surface area contributed by atoms with Gasteiger partial charge in [-0.25, -0.2) is 0 Å². The second kappa shape index (κ2) is 6.72. The van der Waals surface area contributed by atoms with Crippen LogP contribution in [0.3, 0.4) is 0 Å². The van der Waals surface area contributed by atoms with Gasteiger partial charge in [0.1, 0.15) is 0 Å². The highest BCUT2D eigenvalue weighted by Crippen LogP contribution is 2.27. The summed E-state index contributed by atoms with van der Waals surface area (Å²) in [4.78, 5) is 15.6. The lowest BCUT2D eigenvalue weighted by atomic mass is 10.1. The van der Waals surface area contributed by atoms with Gasteiger partial charge in [0.2, 0.25) is 5.91 Å². The average Bonchev–Trinajstić information content (AvgIpc) is 3.31. The molecule has 0 radical (unpaired) electrons. The van der Waals surface area contributed by atoms with Crippen LogP contribution in [-0.4, -0.2) is 37.9 Å². The number of aliphatic hydroxyl groups is 1. The van der Waals surface area contributed by atoms with Crippen LogP contribution in [0.1, 0.15) is 18.4 Å². The Hall–Kier alpha value is -2.60. The van der Waals surface area contributed by atoms with E-state index in [-0.39, 0.29) is 11.9 Å². The van der Waals surface area contributed by atoms with Gasteiger partial charge in [0, 0.05) is 36.0 Å². The molecule has 6 heteroatoms. The van der Waals surface area contributed by atoms with Crippen LogP contribution in [0.15, 0.2) is 48.9 Å². The largest absolute Gasteiger partial charge is 0.391 e. The van der Waals surface area contributed by atoms with Crippen molar-refractivity contribution in [2.24, 2.45) is 5.92 Å². The van der Waals surface area contributed by atoms with Crippen LogP contribution < -0.4 is 5.32 Å². The first-order valence-electron chi connectivity index (χ1n) is 8.69. The Morgan fingerprint density at radius 2 is 2.20 bits per heavy atom. The molecule has 0 bridgehead atoms. The number of rotatable bonds is 5. The molecular weight excluding hydrogens is 316 g/mol. The third-order valence-corrected chi connectivity index (χ3v) is 5.00. The Labute approximate surface area is 145 Å². The maximum absolute atomic E-state index is 12.4. The van der Waals surface area contributed by atoms with Gasteiger partial charge >= 0.3 is 0 Å². The second-order valence-electron chi connectivity index (χ2n) is 6.84. The molecule has 0 saturated heterocycles. The summed E-state index contributed by atoms with van der Waals surface area (Å²) in [5, 5.41) is 18.6. The number of nitrogens with zero attached hydrogens (tertiary/aromatic N) is 2. The van der Waals surface area contributed by atoms with E-state index in [1.54, 1.807) is 6.20 Å². The lowest BCUT2D eigenvalue weighted by Gasteiger charge is -2.16. The van der Waals surface area contributed by atoms with E-state index in [1.165, 1.54) is 0 Å². The van der Waals surface area contributed by atoms with Gasteiger partial charge in [0.05, 0.1) is 18.6 Å². The number of fused-ring (bicyclic) bond motifs is 1. The van der Waals surface area contributed by atoms with Crippen LogP contribution in [0, 0.1) is 5.92 Å². The number of hydrogen-bond donors (Lipinski definition) is 3. The molecule has 25 heavy (non-hydrogen) atoms. The summed E-state index contributed by atoms with van der Waals surface area (Å²) >= 11 is 0. The zero-order chi connectivity index (χ0) is 17.2. The van der Waals surface area contributed by atoms with Crippen LogP contribution >= 0.6 is 0 Å². The molecule has 4 rings (SSSR count). The third-order valence-electron chi connectivity index (χ3n) is 5.00. The lowest BCUT2D eigenvalue weighted by Crippen LogP contribution is -2.40. The van der Waals surface area contributed by atoms with Gasteiger partial charge in [0.25, 0.3) is 0 Å². The molecule has 1 aromatic carbocycles. The fourth-order valence-electron chi connectivity index (χ4n) is 3.80. The van der Waals surface area contributed by atoms with E-state index in [1.807, 2.05) is 47.4 Å². The summed E-state index contributed by atoms with van der Waals surface area (Å²) in [5.74, 6) is 0.279. The summed E-state index contributed by atoms with van der Waals surface area (Å²) in [6, 6.07) is 9.66. The molecule has 2 aromatic heterocycles. The van der Waals surface area contributed by atoms with Gasteiger partial charge in [-0.2, -0.15) is 5.10 Å². The molecule has 3 aromatic rings. The first-order valence-corrected chi connectivity index (χ1v) is 8.69. The highest BCUT2D eigenvalue weighted by molar-refractivity contribution is 5.88. The molecule has 3 atom stereocenters. The number of carbonyl (C=O) groups excluding carboxylic acids is 1. The highest BCUT2D eigenvalue weighted by Gasteiger charge is 2.34. The average molecular weight is 338 g/mol. The van der Waals surface area contributed by atoms with E-state index < -0.39 is 6.10 Å². The third kappa shape index (κ3) is 3.44. The van der Waals surface area contributed by atoms with Crippen LogP contribution in [-0.2, 0) is 17.8 Å². The highest BCUT2D eigenvalue weighted by atomic mass is 16.3. The molecule has 2 heterocycles. The van der Waals surface area contributed by atoms with E-state index in [0.29, 0.717) is 18.8 Å². The lowest BCUT2D eigenvalue weighted by molar-refractivity contribution is -0.121. The minimum absolute atomic E-state index is 0.0476. The first kappa shape index (κ1) is 15.9. The van der Waals surface area contributed by atoms with Crippen molar-refractivity contribution in [1.29, 1.82) is 0 Å². The molecule has 1 aliphatic rings. The summed E-state index contributed by atoms with van der Waals surface area (Å²) in [6.07, 6.45) is 6.86. The van der Waals surface area contributed by atoms with E-state index in [9.17, 15) is 9.90 Å². The summed E-state index contributed by atoms with van der Waals surface area (Å²) in [6.45, 7) is 0.777. The number of benzene rings is 1. The Bertz CT molecular complexity index is 855. The maximum atomic E-state index is 12.4. The molecular formula is C19H22N4O2. The van der Waals surface area contributed by atoms with Crippen molar-refractivity contribution in [1.82, 2.24) is 20.1 Å². The maximum Gasteiger partial charge on any atom is 0.224 e. The normalized spacial score (nSPS) is 23.2. The molecule has 1 amide bonds. The summed E-state index contributed by atoms with van der Waals surface area (Å²) < 4.78 is 1.88. The number of aromatic nitrogens is 3. The minimum Gasteiger partial charge on any atom is -0.391 e. The fourth-order valence-corrected chi connectivity index (χ4v) is 3.80. The smallest absolute Gasteiger partial charge is 0.224 e. The number of aliphatic hydroxyl groups excluding tert-OH is 1. The molecule has 6 nitrogen and oxygen atoms in total. The van der Waals surface area contributed by atoms with Crippen molar-refractivity contribution in [2.75, 3.05) is 0 Å². The number of H-pyrrole nitrogens is 1. The van der Waals surface area contributed by atoms with Crippen molar-refractivity contribution in [3.63, 3.8) is 0 Å². The summed E-state index contributed by atoms with van der Waals surface area (Å²) in [7, 11) is 0. The SMILES string of the molecule is O=C(Cc1c[nH]c2ccccc12)N[C@@H]1CC(Cn2cccn2)C[C@H]1O. The molecule has 3 N–H and O–H groups in total. The van der Waals surface area contributed by atoms with E-state index in [0.717, 1.165) is 29.4 Å². The topological polar surface area (TPSA) is 82.9 Å². The number of hydrogen-bond acceptors (Lipinski definition) is 3. The van der Waals surface area contributed by atoms with Crippen molar-refractivity contribution in [2.45, 2.75) is 38.0 Å². The number of para-hydroxylation sites is 1. The van der Waals surface area contributed by atoms with Gasteiger partial charge < -0.3 is 15.4 Å². The molecule has 1 aliphatic carbocycles. The number of amides is 1. The zero-order valence-electron chi connectivity index (χ0n) is 13.9. The molecule has 1 fully saturated rings. The fraction of sp³-hybridized carbons (Fsp3) is 0.368. The zero-order valence-corrected chi connectivity index (χ0v) is 13.9. The number of carbonyl (C=O) groups is 1. The van der Waals surface area contributed by atoms with Crippen molar-refractivity contribution < 1.29 is 9.90 Å². The molecule has 0 spiro atoms. The predicted molar refractivity (Wildman–Crippen MR) is 94.9 cm³/mol. The second-order valence-corrected chi connectivity index (χ2v) is 6.84. The Morgan fingerprint density at radius 3 is 3.04 bits per heavy atom. The van der Waals surface area contributed by atoms with E-state index in [2.05, 4.69) is 15.4 Å². The van der Waals surface area contributed by atoms with Gasteiger partial charge in [-0.15, -0.1) is 0 Å². The van der Waals surface area contributed by atoms with Crippen molar-refractivity contribution in [3.05, 3.63) is 54.5 Å². The molecule has 1 saturated carbocycles. The Balaban J connectivity index is 1.36. The van der Waals surface area contributed by atoms with Gasteiger partial charge in [-0.05, 0) is 36.5 Å². The van der Waals surface area contributed by atoms with Crippen molar-refractivity contribution >= 4 is 16.8 Å². The van der Waals surface area contributed by atoms with Crippen LogP contribution in [0.5, 0.6) is 0 Å². The van der Waals surface area contributed by atoms with Crippen LogP contribution in [0.4, 0.5) is 0 Å². The van der Waals surface area contributed by atoms with Gasteiger partial charge in [-0.1, -0.05) is 18.2 Å².